The molecule has 0 saturated heterocycles. The monoisotopic (exact) mass is 465 g/mol. The molecule has 3 rings (SSSR count). The van der Waals surface area contributed by atoms with Gasteiger partial charge < -0.3 is 5.32 Å². The summed E-state index contributed by atoms with van der Waals surface area (Å²) in [6.07, 6.45) is -4.96. The van der Waals surface area contributed by atoms with Crippen LogP contribution in [0.2, 0.25) is 5.02 Å². The maximum atomic E-state index is 14.4. The lowest BCUT2D eigenvalue weighted by Crippen LogP contribution is -2.41. The van der Waals surface area contributed by atoms with Gasteiger partial charge in [-0.05, 0) is 12.1 Å². The number of hydrogen-bond donors (Lipinski definition) is 2. The third-order valence-electron chi connectivity index (χ3n) is 3.94. The molecule has 0 bridgehead atoms. The van der Waals surface area contributed by atoms with E-state index in [1.165, 1.54) is 11.8 Å². The van der Waals surface area contributed by atoms with Crippen LogP contribution in [0.15, 0.2) is 32.8 Å². The van der Waals surface area contributed by atoms with Gasteiger partial charge in [-0.25, -0.2) is 18.5 Å². The Balaban J connectivity index is 2.04. The number of amides is 2. The first-order valence-corrected chi connectivity index (χ1v) is 9.50. The van der Waals surface area contributed by atoms with E-state index in [2.05, 4.69) is 15.6 Å². The molecule has 0 radical (unpaired) electrons. The van der Waals surface area contributed by atoms with Gasteiger partial charge in [-0.3, -0.25) is 19.7 Å². The van der Waals surface area contributed by atoms with Crippen LogP contribution in [-0.2, 0) is 13.2 Å². The lowest BCUT2D eigenvalue weighted by molar-refractivity contribution is -0.144. The quantitative estimate of drug-likeness (QED) is 0.666. The molecule has 1 aliphatic heterocycles. The Hall–Kier alpha value is -2.80. The van der Waals surface area contributed by atoms with Crippen LogP contribution in [0.3, 0.4) is 0 Å². The van der Waals surface area contributed by atoms with Gasteiger partial charge in [0.25, 0.3) is 5.56 Å². The van der Waals surface area contributed by atoms with Crippen LogP contribution in [0.5, 0.6) is 0 Å². The smallest absolute Gasteiger partial charge is 0.306 e. The fourth-order valence-corrected chi connectivity index (χ4v) is 3.51. The summed E-state index contributed by atoms with van der Waals surface area (Å²) in [4.78, 5) is 40.6. The number of thioether (sulfide) groups is 1. The van der Waals surface area contributed by atoms with E-state index in [-0.39, 0.29) is 25.9 Å². The minimum absolute atomic E-state index is 0.171. The van der Waals surface area contributed by atoms with Crippen molar-refractivity contribution in [2.75, 3.05) is 17.6 Å². The number of hydrogen-bond acceptors (Lipinski definition) is 5. The van der Waals surface area contributed by atoms with Gasteiger partial charge in [0.05, 0.1) is 22.9 Å². The second kappa shape index (κ2) is 8.14. The van der Waals surface area contributed by atoms with Crippen molar-refractivity contribution in [3.05, 3.63) is 55.6 Å². The van der Waals surface area contributed by atoms with E-state index in [9.17, 15) is 31.9 Å². The number of anilines is 1. The number of benzene rings is 1. The van der Waals surface area contributed by atoms with E-state index in [0.717, 1.165) is 19.2 Å². The number of rotatable bonds is 2. The standard InChI is InChI=1S/C16H12ClF4N5O3S/c1-25-11(16(19,20)21)6-12(27)26(15(25)29)10-5-9(7(17)4-8(10)18)23-13(28)24-14-22-2-3-30-14/h4-6H,2-3H2,1H3,(H2,22,23,24,28). The van der Waals surface area contributed by atoms with E-state index in [4.69, 9.17) is 11.6 Å². The van der Waals surface area contributed by atoms with Crippen molar-refractivity contribution in [1.29, 1.82) is 0 Å². The summed E-state index contributed by atoms with van der Waals surface area (Å²) in [5.41, 5.74) is -5.18. The van der Waals surface area contributed by atoms with Crippen LogP contribution in [0.25, 0.3) is 5.69 Å². The summed E-state index contributed by atoms with van der Waals surface area (Å²) in [6.45, 7) is 0.530. The maximum absolute atomic E-state index is 14.4. The molecule has 2 heterocycles. The molecule has 14 heteroatoms. The Kier molecular flexibility index (Phi) is 5.94. The highest BCUT2D eigenvalue weighted by molar-refractivity contribution is 8.14. The van der Waals surface area contributed by atoms with Gasteiger partial charge in [-0.1, -0.05) is 23.4 Å². The number of urea groups is 1. The van der Waals surface area contributed by atoms with Gasteiger partial charge in [-0.15, -0.1) is 0 Å². The van der Waals surface area contributed by atoms with Gasteiger partial charge in [0, 0.05) is 18.9 Å². The van der Waals surface area contributed by atoms with Crippen LogP contribution in [0.4, 0.5) is 28.0 Å². The average molecular weight is 466 g/mol. The van der Waals surface area contributed by atoms with E-state index in [1.807, 2.05) is 0 Å². The first kappa shape index (κ1) is 21.9. The third kappa shape index (κ3) is 4.36. The van der Waals surface area contributed by atoms with Crippen LogP contribution < -0.4 is 21.9 Å². The second-order valence-electron chi connectivity index (χ2n) is 5.94. The van der Waals surface area contributed by atoms with Crippen LogP contribution >= 0.6 is 23.4 Å². The number of halogens is 5. The van der Waals surface area contributed by atoms with Crippen molar-refractivity contribution in [1.82, 2.24) is 14.5 Å². The molecule has 2 aromatic rings. The van der Waals surface area contributed by atoms with E-state index < -0.39 is 40.7 Å². The third-order valence-corrected chi connectivity index (χ3v) is 5.15. The van der Waals surface area contributed by atoms with Crippen LogP contribution in [0, 0.1) is 5.82 Å². The van der Waals surface area contributed by atoms with E-state index >= 15 is 0 Å². The van der Waals surface area contributed by atoms with Gasteiger partial charge >= 0.3 is 17.9 Å². The molecule has 0 unspecified atom stereocenters. The molecule has 2 N–H and O–H groups in total. The molecule has 0 spiro atoms. The Morgan fingerprint density at radius 2 is 1.93 bits per heavy atom. The number of carbonyl (C=O) groups excluding carboxylic acids is 1. The Labute approximate surface area is 174 Å². The predicted molar refractivity (Wildman–Crippen MR) is 104 cm³/mol. The summed E-state index contributed by atoms with van der Waals surface area (Å²) < 4.78 is 53.8. The highest BCUT2D eigenvalue weighted by Crippen LogP contribution is 2.29. The Morgan fingerprint density at radius 3 is 2.53 bits per heavy atom. The minimum atomic E-state index is -4.96. The van der Waals surface area contributed by atoms with Gasteiger partial charge in [0.2, 0.25) is 0 Å². The topological polar surface area (TPSA) is 97.5 Å². The lowest BCUT2D eigenvalue weighted by Gasteiger charge is -2.15. The normalized spacial score (nSPS) is 13.9. The molecule has 0 aliphatic carbocycles. The highest BCUT2D eigenvalue weighted by Gasteiger charge is 2.35. The van der Waals surface area contributed by atoms with Gasteiger partial charge in [0.1, 0.15) is 11.5 Å². The number of aliphatic imine (C=N–C) groups is 1. The minimum Gasteiger partial charge on any atom is -0.306 e. The molecule has 160 valence electrons. The van der Waals surface area contributed by atoms with Crippen molar-refractivity contribution >= 4 is 40.2 Å². The fourth-order valence-electron chi connectivity index (χ4n) is 2.59. The van der Waals surface area contributed by atoms with Crippen molar-refractivity contribution in [3.8, 4) is 5.69 Å². The first-order valence-electron chi connectivity index (χ1n) is 8.14. The van der Waals surface area contributed by atoms with Crippen molar-refractivity contribution in [2.24, 2.45) is 12.0 Å². The molecule has 1 aromatic heterocycles. The molecule has 2 amide bonds. The summed E-state index contributed by atoms with van der Waals surface area (Å²) in [5, 5.41) is 4.85. The molecule has 0 fully saturated rings. The van der Waals surface area contributed by atoms with E-state index in [0.29, 0.717) is 17.5 Å². The first-order chi connectivity index (χ1) is 14.0. The lowest BCUT2D eigenvalue weighted by atomic mass is 10.2. The van der Waals surface area contributed by atoms with E-state index in [1.54, 1.807) is 0 Å². The number of amidine groups is 1. The number of nitrogens with one attached hydrogen (secondary N) is 2. The molecule has 0 atom stereocenters. The maximum Gasteiger partial charge on any atom is 0.431 e. The van der Waals surface area contributed by atoms with Crippen LogP contribution in [-0.4, -0.2) is 32.6 Å². The molecule has 8 nitrogen and oxygen atoms in total. The van der Waals surface area contributed by atoms with Crippen molar-refractivity contribution in [3.63, 3.8) is 0 Å². The number of nitrogens with zero attached hydrogens (tertiary/aromatic N) is 3. The second-order valence-corrected chi connectivity index (χ2v) is 7.43. The largest absolute Gasteiger partial charge is 0.431 e. The van der Waals surface area contributed by atoms with Crippen molar-refractivity contribution < 1.29 is 22.4 Å². The summed E-state index contributed by atoms with van der Waals surface area (Å²) in [6, 6.07) is 0.995. The molecule has 1 aromatic carbocycles. The summed E-state index contributed by atoms with van der Waals surface area (Å²) in [5.74, 6) is -0.461. The van der Waals surface area contributed by atoms with Gasteiger partial charge in [-0.2, -0.15) is 13.2 Å². The predicted octanol–water partition coefficient (Wildman–Crippen LogP) is 2.57. The Morgan fingerprint density at radius 1 is 1.23 bits per heavy atom. The van der Waals surface area contributed by atoms with Crippen LogP contribution in [0.1, 0.15) is 5.69 Å². The highest BCUT2D eigenvalue weighted by atomic mass is 35.5. The van der Waals surface area contributed by atoms with Crippen molar-refractivity contribution in [2.45, 2.75) is 6.18 Å². The number of alkyl halides is 3. The Bertz CT molecular complexity index is 1180. The molecular formula is C16H12ClF4N5O3S. The summed E-state index contributed by atoms with van der Waals surface area (Å²) in [7, 11) is 0.793. The van der Waals surface area contributed by atoms with Gasteiger partial charge in [0.15, 0.2) is 5.17 Å². The molecular weight excluding hydrogens is 454 g/mol. The average Bonchev–Trinajstić information content (AvgIpc) is 3.13. The summed E-state index contributed by atoms with van der Waals surface area (Å²) >= 11 is 7.21. The zero-order valence-electron chi connectivity index (χ0n) is 15.0. The SMILES string of the molecule is Cn1c(C(F)(F)F)cc(=O)n(-c2cc(NC(=O)NC3=NCCS3)c(Cl)cc2F)c1=O. The fraction of sp³-hybridized carbons (Fsp3) is 0.250. The zero-order valence-corrected chi connectivity index (χ0v) is 16.6. The number of aromatic nitrogens is 2. The zero-order chi connectivity index (χ0) is 22.2. The molecule has 0 saturated carbocycles. The number of carbonyl (C=O) groups is 1. The molecule has 1 aliphatic rings. The molecule has 30 heavy (non-hydrogen) atoms.